The number of hydrogen-bond acceptors (Lipinski definition) is 5. The van der Waals surface area contributed by atoms with Crippen molar-refractivity contribution in [1.29, 1.82) is 0 Å². The number of aromatic amines is 1. The molecule has 2 saturated heterocycles. The van der Waals surface area contributed by atoms with Gasteiger partial charge in [-0.25, -0.2) is 0 Å². The van der Waals surface area contributed by atoms with Crippen LogP contribution in [0.4, 0.5) is 11.8 Å². The number of ether oxygens (including phenoxy) is 1. The van der Waals surface area contributed by atoms with Crippen molar-refractivity contribution in [3.05, 3.63) is 16.4 Å². The Hall–Kier alpha value is -1.56. The molecule has 6 heteroatoms. The molecule has 1 aromatic rings. The third-order valence-corrected chi connectivity index (χ3v) is 3.69. The van der Waals surface area contributed by atoms with Crippen molar-refractivity contribution in [1.82, 2.24) is 9.97 Å². The van der Waals surface area contributed by atoms with Gasteiger partial charge in [0.05, 0.1) is 12.7 Å². The lowest BCUT2D eigenvalue weighted by molar-refractivity contribution is 0.0529. The quantitative estimate of drug-likeness (QED) is 0.847. The topological polar surface area (TPSA) is 61.5 Å². The molecule has 2 aliphatic rings. The largest absolute Gasteiger partial charge is 0.375 e. The second-order valence-electron chi connectivity index (χ2n) is 5.25. The third-order valence-electron chi connectivity index (χ3n) is 3.69. The van der Waals surface area contributed by atoms with Crippen LogP contribution in [0.5, 0.6) is 0 Å². The zero-order chi connectivity index (χ0) is 13.2. The van der Waals surface area contributed by atoms with E-state index in [1.54, 1.807) is 6.07 Å². The van der Waals surface area contributed by atoms with E-state index in [0.29, 0.717) is 12.6 Å². The zero-order valence-electron chi connectivity index (χ0n) is 11.3. The lowest BCUT2D eigenvalue weighted by Gasteiger charge is -2.32. The number of rotatable bonds is 2. The van der Waals surface area contributed by atoms with Crippen LogP contribution < -0.4 is 15.4 Å². The van der Waals surface area contributed by atoms with Crippen molar-refractivity contribution in [2.75, 3.05) is 42.6 Å². The molecule has 0 amide bonds. The van der Waals surface area contributed by atoms with Gasteiger partial charge in [0.15, 0.2) is 0 Å². The van der Waals surface area contributed by atoms with Crippen molar-refractivity contribution in [2.45, 2.75) is 25.9 Å². The summed E-state index contributed by atoms with van der Waals surface area (Å²) in [4.78, 5) is 23.5. The maximum Gasteiger partial charge on any atom is 0.254 e. The van der Waals surface area contributed by atoms with Gasteiger partial charge in [-0.2, -0.15) is 4.98 Å². The predicted molar refractivity (Wildman–Crippen MR) is 73.9 cm³/mol. The standard InChI is InChI=1S/C13H20N4O2/c1-10-9-17(6-7-19-10)11-8-12(18)15-13(14-11)16-4-2-3-5-16/h8,10H,2-7,9H2,1H3,(H,14,15,18)/t10-/m1/s1. The molecular weight excluding hydrogens is 244 g/mol. The summed E-state index contributed by atoms with van der Waals surface area (Å²) < 4.78 is 5.52. The maximum absolute atomic E-state index is 11.8. The number of anilines is 2. The van der Waals surface area contributed by atoms with E-state index in [1.165, 1.54) is 12.8 Å². The summed E-state index contributed by atoms with van der Waals surface area (Å²) in [5, 5.41) is 0. The van der Waals surface area contributed by atoms with Crippen LogP contribution in [0, 0.1) is 0 Å². The van der Waals surface area contributed by atoms with Gasteiger partial charge in [-0.1, -0.05) is 0 Å². The van der Waals surface area contributed by atoms with Gasteiger partial charge in [0.2, 0.25) is 5.95 Å². The Kier molecular flexibility index (Phi) is 3.42. The second kappa shape index (κ2) is 5.21. The maximum atomic E-state index is 11.8. The van der Waals surface area contributed by atoms with Crippen molar-refractivity contribution in [2.24, 2.45) is 0 Å². The van der Waals surface area contributed by atoms with E-state index in [9.17, 15) is 4.79 Å². The molecule has 0 aliphatic carbocycles. The third kappa shape index (κ3) is 2.73. The van der Waals surface area contributed by atoms with E-state index in [4.69, 9.17) is 4.74 Å². The summed E-state index contributed by atoms with van der Waals surface area (Å²) in [6.45, 7) is 6.27. The van der Waals surface area contributed by atoms with Gasteiger partial charge >= 0.3 is 0 Å². The SMILES string of the molecule is C[C@@H]1CN(c2cc(=O)[nH]c(N3CCCC3)n2)CCO1. The van der Waals surface area contributed by atoms with E-state index < -0.39 is 0 Å². The second-order valence-corrected chi connectivity index (χ2v) is 5.25. The summed E-state index contributed by atoms with van der Waals surface area (Å²) in [6, 6.07) is 1.58. The van der Waals surface area contributed by atoms with Crippen molar-refractivity contribution in [3.63, 3.8) is 0 Å². The molecule has 0 saturated carbocycles. The van der Waals surface area contributed by atoms with Crippen LogP contribution in [0.3, 0.4) is 0 Å². The average molecular weight is 264 g/mol. The summed E-state index contributed by atoms with van der Waals surface area (Å²) in [7, 11) is 0. The monoisotopic (exact) mass is 264 g/mol. The number of nitrogens with one attached hydrogen (secondary N) is 1. The van der Waals surface area contributed by atoms with Gasteiger partial charge in [-0.3, -0.25) is 9.78 Å². The van der Waals surface area contributed by atoms with Crippen LogP contribution in [0.1, 0.15) is 19.8 Å². The molecule has 0 aromatic carbocycles. The molecular formula is C13H20N4O2. The normalized spacial score (nSPS) is 23.9. The van der Waals surface area contributed by atoms with E-state index in [0.717, 1.165) is 32.0 Å². The fraction of sp³-hybridized carbons (Fsp3) is 0.692. The molecule has 0 spiro atoms. The Labute approximate surface area is 112 Å². The summed E-state index contributed by atoms with van der Waals surface area (Å²) in [5.41, 5.74) is -0.0777. The minimum Gasteiger partial charge on any atom is -0.375 e. The lowest BCUT2D eigenvalue weighted by atomic mass is 10.3. The van der Waals surface area contributed by atoms with Crippen LogP contribution in [-0.4, -0.2) is 48.9 Å². The molecule has 6 nitrogen and oxygen atoms in total. The Morgan fingerprint density at radius 1 is 1.32 bits per heavy atom. The van der Waals surface area contributed by atoms with Gasteiger partial charge in [-0.15, -0.1) is 0 Å². The fourth-order valence-corrected chi connectivity index (χ4v) is 2.70. The highest BCUT2D eigenvalue weighted by molar-refractivity contribution is 5.44. The highest BCUT2D eigenvalue weighted by Gasteiger charge is 2.21. The molecule has 104 valence electrons. The smallest absolute Gasteiger partial charge is 0.254 e. The van der Waals surface area contributed by atoms with Gasteiger partial charge < -0.3 is 14.5 Å². The Morgan fingerprint density at radius 2 is 2.11 bits per heavy atom. The van der Waals surface area contributed by atoms with Crippen molar-refractivity contribution >= 4 is 11.8 Å². The number of H-pyrrole nitrogens is 1. The first kappa shape index (κ1) is 12.5. The lowest BCUT2D eigenvalue weighted by Crippen LogP contribution is -2.42. The number of hydrogen-bond donors (Lipinski definition) is 1. The number of aromatic nitrogens is 2. The van der Waals surface area contributed by atoms with Gasteiger partial charge in [0, 0.05) is 32.2 Å². The molecule has 3 rings (SSSR count). The number of morpholine rings is 1. The minimum absolute atomic E-state index is 0.0777. The molecule has 2 aliphatic heterocycles. The molecule has 1 aromatic heterocycles. The van der Waals surface area contributed by atoms with Gasteiger partial charge in [0.1, 0.15) is 5.82 Å². The van der Waals surface area contributed by atoms with E-state index in [2.05, 4.69) is 19.8 Å². The first-order chi connectivity index (χ1) is 9.22. The Bertz CT molecular complexity index is 496. The minimum atomic E-state index is -0.0777. The molecule has 1 N–H and O–H groups in total. The molecule has 0 radical (unpaired) electrons. The van der Waals surface area contributed by atoms with E-state index >= 15 is 0 Å². The van der Waals surface area contributed by atoms with Crippen LogP contribution in [0.25, 0.3) is 0 Å². The Morgan fingerprint density at radius 3 is 2.84 bits per heavy atom. The van der Waals surface area contributed by atoms with Gasteiger partial charge in [0.25, 0.3) is 5.56 Å². The summed E-state index contributed by atoms with van der Waals surface area (Å²) >= 11 is 0. The van der Waals surface area contributed by atoms with Crippen LogP contribution >= 0.6 is 0 Å². The number of nitrogens with zero attached hydrogens (tertiary/aromatic N) is 3. The van der Waals surface area contributed by atoms with Crippen molar-refractivity contribution < 1.29 is 4.74 Å². The van der Waals surface area contributed by atoms with Crippen LogP contribution in [-0.2, 0) is 4.74 Å². The van der Waals surface area contributed by atoms with Crippen LogP contribution in [0.15, 0.2) is 10.9 Å². The molecule has 3 heterocycles. The van der Waals surface area contributed by atoms with E-state index in [-0.39, 0.29) is 11.7 Å². The first-order valence-electron chi connectivity index (χ1n) is 6.95. The molecule has 2 fully saturated rings. The fourth-order valence-electron chi connectivity index (χ4n) is 2.70. The first-order valence-corrected chi connectivity index (χ1v) is 6.95. The average Bonchev–Trinajstić information content (AvgIpc) is 2.92. The molecule has 0 unspecified atom stereocenters. The highest BCUT2D eigenvalue weighted by atomic mass is 16.5. The summed E-state index contributed by atoms with van der Waals surface area (Å²) in [5.74, 6) is 1.47. The Balaban J connectivity index is 1.86. The molecule has 0 bridgehead atoms. The van der Waals surface area contributed by atoms with Crippen LogP contribution in [0.2, 0.25) is 0 Å². The molecule has 19 heavy (non-hydrogen) atoms. The van der Waals surface area contributed by atoms with E-state index in [1.807, 2.05) is 6.92 Å². The predicted octanol–water partition coefficient (Wildman–Crippen LogP) is 0.595. The van der Waals surface area contributed by atoms with Crippen molar-refractivity contribution in [3.8, 4) is 0 Å². The highest BCUT2D eigenvalue weighted by Crippen LogP contribution is 2.19. The van der Waals surface area contributed by atoms with Gasteiger partial charge in [-0.05, 0) is 19.8 Å². The zero-order valence-corrected chi connectivity index (χ0v) is 11.3. The summed E-state index contributed by atoms with van der Waals surface area (Å²) in [6.07, 6.45) is 2.52. The molecule has 1 atom stereocenters.